The number of benzene rings is 2. The van der Waals surface area contributed by atoms with Gasteiger partial charge in [0.05, 0.1) is 23.1 Å². The quantitative estimate of drug-likeness (QED) is 0.369. The molecule has 3 N–H and O–H groups in total. The molecule has 0 aliphatic rings. The lowest BCUT2D eigenvalue weighted by Crippen LogP contribution is -2.15. The molecule has 3 rings (SSSR count). The highest BCUT2D eigenvalue weighted by Crippen LogP contribution is 2.20. The minimum Gasteiger partial charge on any atom is -0.321 e. The first-order valence-corrected chi connectivity index (χ1v) is 8.22. The van der Waals surface area contributed by atoms with Gasteiger partial charge in [-0.05, 0) is 36.8 Å². The third kappa shape index (κ3) is 4.10. The average molecular weight is 362 g/mol. The van der Waals surface area contributed by atoms with E-state index in [9.17, 15) is 9.59 Å². The molecular weight excluding hydrogens is 344 g/mol. The number of para-hydroxylation sites is 2. The molecular formula is C20H18N4O3. The summed E-state index contributed by atoms with van der Waals surface area (Å²) >= 11 is 0. The van der Waals surface area contributed by atoms with Crippen LogP contribution >= 0.6 is 0 Å². The average Bonchev–Trinajstić information content (AvgIpc) is 3.09. The predicted octanol–water partition coefficient (Wildman–Crippen LogP) is 2.95. The Bertz CT molecular complexity index is 993. The molecule has 2 aromatic carbocycles. The summed E-state index contributed by atoms with van der Waals surface area (Å²) in [5.74, 6) is -0.960. The highest BCUT2D eigenvalue weighted by atomic mass is 16.5. The maximum absolute atomic E-state index is 12.7. The number of amides is 2. The topological polar surface area (TPSA) is 96.2 Å². The van der Waals surface area contributed by atoms with Crippen LogP contribution in [0.2, 0.25) is 0 Å². The minimum atomic E-state index is -0.656. The van der Waals surface area contributed by atoms with Gasteiger partial charge in [0, 0.05) is 11.8 Å². The number of hydrogen-bond donors (Lipinski definition) is 3. The molecule has 7 nitrogen and oxygen atoms in total. The molecule has 0 spiro atoms. The Kier molecular flexibility index (Phi) is 5.44. The van der Waals surface area contributed by atoms with Gasteiger partial charge in [0.2, 0.25) is 0 Å². The van der Waals surface area contributed by atoms with Gasteiger partial charge < -0.3 is 5.32 Å². The molecule has 0 aliphatic carbocycles. The summed E-state index contributed by atoms with van der Waals surface area (Å²) in [5.41, 5.74) is 4.72. The fourth-order valence-corrected chi connectivity index (χ4v) is 2.61. The van der Waals surface area contributed by atoms with Gasteiger partial charge in [-0.15, -0.1) is 0 Å². The van der Waals surface area contributed by atoms with E-state index < -0.39 is 5.91 Å². The second-order valence-electron chi connectivity index (χ2n) is 5.74. The highest BCUT2D eigenvalue weighted by Gasteiger charge is 2.16. The van der Waals surface area contributed by atoms with Crippen molar-refractivity contribution in [3.05, 3.63) is 83.7 Å². The normalized spacial score (nSPS) is 10.7. The molecule has 7 heteroatoms. The lowest BCUT2D eigenvalue weighted by Gasteiger charge is -2.09. The van der Waals surface area contributed by atoms with Crippen LogP contribution in [0, 0.1) is 6.92 Å². The number of carbonyl (C=O) groups excluding carboxylic acids is 2. The van der Waals surface area contributed by atoms with Crippen LogP contribution in [0.3, 0.4) is 0 Å². The van der Waals surface area contributed by atoms with Gasteiger partial charge in [-0.2, -0.15) is 5.10 Å². The van der Waals surface area contributed by atoms with Gasteiger partial charge in [0.15, 0.2) is 0 Å². The molecule has 0 unspecified atom stereocenters. The molecule has 0 saturated heterocycles. The van der Waals surface area contributed by atoms with Crippen LogP contribution in [0.5, 0.6) is 0 Å². The Hall–Kier alpha value is -3.71. The number of nitrogens with one attached hydrogen (secondary N) is 2. The van der Waals surface area contributed by atoms with E-state index in [1.165, 1.54) is 23.8 Å². The molecule has 1 aromatic heterocycles. The van der Waals surface area contributed by atoms with Crippen molar-refractivity contribution in [1.82, 2.24) is 15.3 Å². The third-order valence-corrected chi connectivity index (χ3v) is 3.99. The van der Waals surface area contributed by atoms with E-state index in [-0.39, 0.29) is 5.91 Å². The number of rotatable bonds is 5. The van der Waals surface area contributed by atoms with Crippen LogP contribution in [0.15, 0.2) is 66.9 Å². The molecule has 2 amide bonds. The van der Waals surface area contributed by atoms with E-state index >= 15 is 0 Å². The fourth-order valence-electron chi connectivity index (χ4n) is 2.61. The second kappa shape index (κ2) is 8.11. The summed E-state index contributed by atoms with van der Waals surface area (Å²) in [4.78, 5) is 23.9. The lowest BCUT2D eigenvalue weighted by atomic mass is 10.1. The van der Waals surface area contributed by atoms with Crippen molar-refractivity contribution in [3.8, 4) is 5.69 Å². The van der Waals surface area contributed by atoms with E-state index in [0.717, 1.165) is 5.69 Å². The number of anilines is 1. The number of nitrogens with zero attached hydrogens (tertiary/aromatic N) is 2. The molecule has 0 bridgehead atoms. The molecule has 136 valence electrons. The summed E-state index contributed by atoms with van der Waals surface area (Å²) in [6.07, 6.45) is 4.19. The Balaban J connectivity index is 1.84. The summed E-state index contributed by atoms with van der Waals surface area (Å²) in [6.45, 7) is 1.83. The summed E-state index contributed by atoms with van der Waals surface area (Å²) < 4.78 is 1.70. The Morgan fingerprint density at radius 1 is 1.07 bits per heavy atom. The van der Waals surface area contributed by atoms with Crippen LogP contribution < -0.4 is 10.8 Å². The summed E-state index contributed by atoms with van der Waals surface area (Å²) in [5, 5.41) is 15.7. The van der Waals surface area contributed by atoms with Gasteiger partial charge in [0.25, 0.3) is 11.8 Å². The Morgan fingerprint density at radius 3 is 2.52 bits per heavy atom. The van der Waals surface area contributed by atoms with Crippen molar-refractivity contribution in [2.75, 3.05) is 5.32 Å². The molecule has 0 atom stereocenters. The zero-order chi connectivity index (χ0) is 19.2. The highest BCUT2D eigenvalue weighted by molar-refractivity contribution is 6.06. The maximum Gasteiger partial charge on any atom is 0.267 e. The molecule has 0 radical (unpaired) electrons. The number of hydroxylamine groups is 1. The monoisotopic (exact) mass is 362 g/mol. The predicted molar refractivity (Wildman–Crippen MR) is 102 cm³/mol. The SMILES string of the molecule is Cc1c(C(=O)Nc2ccccc2/C=C/C(=O)NO)cnn1-c1ccccc1. The van der Waals surface area contributed by atoms with Crippen LogP contribution in [-0.2, 0) is 4.79 Å². The summed E-state index contributed by atoms with van der Waals surface area (Å²) in [6, 6.07) is 16.6. The largest absolute Gasteiger partial charge is 0.321 e. The number of carbonyl (C=O) groups is 2. The number of aromatic nitrogens is 2. The molecule has 1 heterocycles. The molecule has 0 aliphatic heterocycles. The zero-order valence-electron chi connectivity index (χ0n) is 14.6. The minimum absolute atomic E-state index is 0.304. The Labute approximate surface area is 155 Å². The van der Waals surface area contributed by atoms with E-state index in [2.05, 4.69) is 10.4 Å². The second-order valence-corrected chi connectivity index (χ2v) is 5.74. The molecule has 0 saturated carbocycles. The van der Waals surface area contributed by atoms with E-state index in [1.54, 1.807) is 28.9 Å². The first kappa shape index (κ1) is 18.1. The molecule has 0 fully saturated rings. The van der Waals surface area contributed by atoms with Gasteiger partial charge in [-0.3, -0.25) is 14.8 Å². The van der Waals surface area contributed by atoms with Crippen molar-refractivity contribution in [2.45, 2.75) is 6.92 Å². The Morgan fingerprint density at radius 2 is 1.78 bits per heavy atom. The van der Waals surface area contributed by atoms with Gasteiger partial charge in [0.1, 0.15) is 0 Å². The van der Waals surface area contributed by atoms with Gasteiger partial charge in [-0.1, -0.05) is 36.4 Å². The van der Waals surface area contributed by atoms with Crippen molar-refractivity contribution in [2.24, 2.45) is 0 Å². The van der Waals surface area contributed by atoms with Crippen LogP contribution in [0.4, 0.5) is 5.69 Å². The van der Waals surface area contributed by atoms with Gasteiger partial charge >= 0.3 is 0 Å². The van der Waals surface area contributed by atoms with Crippen molar-refractivity contribution in [1.29, 1.82) is 0 Å². The van der Waals surface area contributed by atoms with Crippen molar-refractivity contribution >= 4 is 23.6 Å². The van der Waals surface area contributed by atoms with E-state index in [0.29, 0.717) is 22.5 Å². The third-order valence-electron chi connectivity index (χ3n) is 3.99. The number of hydrogen-bond acceptors (Lipinski definition) is 4. The first-order valence-electron chi connectivity index (χ1n) is 8.22. The first-order chi connectivity index (χ1) is 13.1. The van der Waals surface area contributed by atoms with Gasteiger partial charge in [-0.25, -0.2) is 10.2 Å². The fraction of sp³-hybridized carbons (Fsp3) is 0.0500. The molecule has 3 aromatic rings. The van der Waals surface area contributed by atoms with Crippen LogP contribution in [0.1, 0.15) is 21.6 Å². The lowest BCUT2D eigenvalue weighted by molar-refractivity contribution is -0.124. The molecule has 27 heavy (non-hydrogen) atoms. The van der Waals surface area contributed by atoms with Crippen LogP contribution in [0.25, 0.3) is 11.8 Å². The zero-order valence-corrected chi connectivity index (χ0v) is 14.6. The standard InChI is InChI=1S/C20H18N4O3/c1-14-17(13-21-24(14)16-8-3-2-4-9-16)20(26)22-18-10-6-5-7-15(18)11-12-19(25)23-27/h2-13,27H,1H3,(H,22,26)(H,23,25)/b12-11+. The summed E-state index contributed by atoms with van der Waals surface area (Å²) in [7, 11) is 0. The van der Waals surface area contributed by atoms with Crippen LogP contribution in [-0.4, -0.2) is 26.8 Å². The van der Waals surface area contributed by atoms with Crippen molar-refractivity contribution in [3.63, 3.8) is 0 Å². The van der Waals surface area contributed by atoms with E-state index in [1.807, 2.05) is 37.3 Å². The van der Waals surface area contributed by atoms with Crippen molar-refractivity contribution < 1.29 is 14.8 Å². The maximum atomic E-state index is 12.7. The smallest absolute Gasteiger partial charge is 0.267 e. The van der Waals surface area contributed by atoms with E-state index in [4.69, 9.17) is 5.21 Å².